The Labute approximate surface area is 126 Å². The molecule has 0 aromatic heterocycles. The van der Waals surface area contributed by atoms with E-state index in [1.807, 2.05) is 48.5 Å². The van der Waals surface area contributed by atoms with Crippen LogP contribution in [0.2, 0.25) is 0 Å². The summed E-state index contributed by atoms with van der Waals surface area (Å²) in [6, 6.07) is 17.4. The number of ether oxygens (including phenoxy) is 1. The van der Waals surface area contributed by atoms with Gasteiger partial charge in [-0.2, -0.15) is 0 Å². The summed E-state index contributed by atoms with van der Waals surface area (Å²) in [4.78, 5) is 12.6. The Balaban J connectivity index is 2.31. The number of hydrogen-bond donors (Lipinski definition) is 0. The Hall–Kier alpha value is -2.09. The lowest BCUT2D eigenvalue weighted by Crippen LogP contribution is -2.25. The minimum absolute atomic E-state index is 0.172. The molecule has 0 spiro atoms. The highest BCUT2D eigenvalue weighted by Crippen LogP contribution is 2.37. The maximum absolute atomic E-state index is 12.6. The molecule has 2 aromatic carbocycles. The molecule has 0 saturated carbocycles. The molecule has 1 atom stereocenters. The minimum atomic E-state index is -0.223. The van der Waals surface area contributed by atoms with Gasteiger partial charge in [-0.1, -0.05) is 62.4 Å². The molecular formula is C19H22O2. The Bertz CT molecular complexity index is 604. The lowest BCUT2D eigenvalue weighted by molar-refractivity contribution is 0.0951. The van der Waals surface area contributed by atoms with E-state index in [1.165, 1.54) is 0 Å². The van der Waals surface area contributed by atoms with Crippen LogP contribution in [0.3, 0.4) is 0 Å². The molecule has 0 amide bonds. The molecule has 2 rings (SSSR count). The van der Waals surface area contributed by atoms with E-state index in [9.17, 15) is 4.79 Å². The van der Waals surface area contributed by atoms with Crippen molar-refractivity contribution < 1.29 is 9.53 Å². The fourth-order valence-electron chi connectivity index (χ4n) is 2.63. The molecule has 21 heavy (non-hydrogen) atoms. The van der Waals surface area contributed by atoms with Gasteiger partial charge >= 0.3 is 0 Å². The van der Waals surface area contributed by atoms with Gasteiger partial charge in [0.1, 0.15) is 5.75 Å². The van der Waals surface area contributed by atoms with Gasteiger partial charge in [0, 0.05) is 23.0 Å². The average Bonchev–Trinajstić information content (AvgIpc) is 2.55. The molecule has 0 heterocycles. The predicted molar refractivity (Wildman–Crippen MR) is 86.0 cm³/mol. The number of benzene rings is 2. The van der Waals surface area contributed by atoms with Crippen molar-refractivity contribution in [1.82, 2.24) is 0 Å². The minimum Gasteiger partial charge on any atom is -0.496 e. The van der Waals surface area contributed by atoms with E-state index in [1.54, 1.807) is 7.11 Å². The predicted octanol–water partition coefficient (Wildman–Crippen LogP) is 4.64. The number of ketones is 1. The monoisotopic (exact) mass is 282 g/mol. The molecule has 0 N–H and O–H groups in total. The van der Waals surface area contributed by atoms with E-state index in [-0.39, 0.29) is 11.2 Å². The Kier molecular flexibility index (Phi) is 4.79. The van der Waals surface area contributed by atoms with Crippen LogP contribution in [0.15, 0.2) is 54.6 Å². The van der Waals surface area contributed by atoms with E-state index in [2.05, 4.69) is 19.9 Å². The molecule has 0 aliphatic rings. The standard InChI is InChI=1S/C19H22O2/c1-4-19(2,16-12-8-9-13-18(16)21-3)14-17(20)15-10-6-5-7-11-15/h5-13H,4,14H2,1-3H3. The number of para-hydroxylation sites is 1. The highest BCUT2D eigenvalue weighted by molar-refractivity contribution is 5.96. The van der Waals surface area contributed by atoms with Crippen molar-refractivity contribution >= 4 is 5.78 Å². The summed E-state index contributed by atoms with van der Waals surface area (Å²) in [6.45, 7) is 4.25. The average molecular weight is 282 g/mol. The molecule has 2 nitrogen and oxygen atoms in total. The summed E-state index contributed by atoms with van der Waals surface area (Å²) < 4.78 is 5.47. The summed E-state index contributed by atoms with van der Waals surface area (Å²) in [5.74, 6) is 1.02. The summed E-state index contributed by atoms with van der Waals surface area (Å²) in [5.41, 5.74) is 1.64. The van der Waals surface area contributed by atoms with E-state index in [0.29, 0.717) is 6.42 Å². The van der Waals surface area contributed by atoms with E-state index >= 15 is 0 Å². The maximum Gasteiger partial charge on any atom is 0.163 e. The van der Waals surface area contributed by atoms with Gasteiger partial charge in [0.2, 0.25) is 0 Å². The maximum atomic E-state index is 12.6. The topological polar surface area (TPSA) is 26.3 Å². The van der Waals surface area contributed by atoms with Gasteiger partial charge in [0.05, 0.1) is 7.11 Å². The normalized spacial score (nSPS) is 13.5. The zero-order valence-electron chi connectivity index (χ0n) is 12.9. The van der Waals surface area contributed by atoms with Gasteiger partial charge in [-0.15, -0.1) is 0 Å². The third-order valence-corrected chi connectivity index (χ3v) is 4.18. The first kappa shape index (κ1) is 15.3. The third-order valence-electron chi connectivity index (χ3n) is 4.18. The van der Waals surface area contributed by atoms with Crippen molar-refractivity contribution in [2.24, 2.45) is 0 Å². The van der Waals surface area contributed by atoms with E-state index < -0.39 is 0 Å². The smallest absolute Gasteiger partial charge is 0.163 e. The first-order valence-electron chi connectivity index (χ1n) is 7.32. The van der Waals surface area contributed by atoms with E-state index in [4.69, 9.17) is 4.74 Å². The van der Waals surface area contributed by atoms with Crippen LogP contribution in [-0.4, -0.2) is 12.9 Å². The van der Waals surface area contributed by atoms with Crippen molar-refractivity contribution in [2.45, 2.75) is 32.1 Å². The second-order valence-electron chi connectivity index (χ2n) is 5.58. The molecule has 0 bridgehead atoms. The molecule has 0 aliphatic heterocycles. The number of rotatable bonds is 6. The number of carbonyl (C=O) groups excluding carboxylic acids is 1. The van der Waals surface area contributed by atoms with Gasteiger partial charge in [0.25, 0.3) is 0 Å². The van der Waals surface area contributed by atoms with Gasteiger partial charge in [-0.05, 0) is 12.5 Å². The fraction of sp³-hybridized carbons (Fsp3) is 0.316. The Morgan fingerprint density at radius 3 is 2.29 bits per heavy atom. The van der Waals surface area contributed by atoms with Gasteiger partial charge < -0.3 is 4.74 Å². The number of hydrogen-bond acceptors (Lipinski definition) is 2. The van der Waals surface area contributed by atoms with Crippen LogP contribution in [0.1, 0.15) is 42.6 Å². The summed E-state index contributed by atoms with van der Waals surface area (Å²) in [7, 11) is 1.67. The summed E-state index contributed by atoms with van der Waals surface area (Å²) in [5, 5.41) is 0. The number of carbonyl (C=O) groups is 1. The highest BCUT2D eigenvalue weighted by Gasteiger charge is 2.30. The van der Waals surface area contributed by atoms with E-state index in [0.717, 1.165) is 23.3 Å². The molecule has 110 valence electrons. The van der Waals surface area contributed by atoms with Crippen molar-refractivity contribution in [3.8, 4) is 5.75 Å². The molecule has 0 saturated heterocycles. The van der Waals surface area contributed by atoms with Crippen molar-refractivity contribution in [2.75, 3.05) is 7.11 Å². The molecule has 0 radical (unpaired) electrons. The summed E-state index contributed by atoms with van der Waals surface area (Å²) >= 11 is 0. The molecule has 0 fully saturated rings. The van der Waals surface area contributed by atoms with Crippen LogP contribution < -0.4 is 4.74 Å². The van der Waals surface area contributed by atoms with Crippen LogP contribution in [-0.2, 0) is 5.41 Å². The lowest BCUT2D eigenvalue weighted by Gasteiger charge is -2.29. The molecule has 2 heteroatoms. The summed E-state index contributed by atoms with van der Waals surface area (Å²) in [6.07, 6.45) is 1.36. The SMILES string of the molecule is CCC(C)(CC(=O)c1ccccc1)c1ccccc1OC. The Morgan fingerprint density at radius 2 is 1.67 bits per heavy atom. The van der Waals surface area contributed by atoms with Crippen LogP contribution in [0.5, 0.6) is 5.75 Å². The first-order chi connectivity index (χ1) is 10.1. The van der Waals surface area contributed by atoms with Crippen LogP contribution >= 0.6 is 0 Å². The van der Waals surface area contributed by atoms with Crippen molar-refractivity contribution in [1.29, 1.82) is 0 Å². The number of methoxy groups -OCH3 is 1. The Morgan fingerprint density at radius 1 is 1.05 bits per heavy atom. The van der Waals surface area contributed by atoms with Crippen LogP contribution in [0, 0.1) is 0 Å². The number of Topliss-reactive ketones (excluding diaryl/α,β-unsaturated/α-hetero) is 1. The molecule has 0 aliphatic carbocycles. The second-order valence-corrected chi connectivity index (χ2v) is 5.58. The third kappa shape index (κ3) is 3.33. The molecular weight excluding hydrogens is 260 g/mol. The van der Waals surface area contributed by atoms with Gasteiger partial charge in [-0.25, -0.2) is 0 Å². The zero-order valence-corrected chi connectivity index (χ0v) is 12.9. The largest absolute Gasteiger partial charge is 0.496 e. The molecule has 1 unspecified atom stereocenters. The highest BCUT2D eigenvalue weighted by atomic mass is 16.5. The zero-order chi connectivity index (χ0) is 15.3. The lowest BCUT2D eigenvalue weighted by atomic mass is 9.75. The second kappa shape index (κ2) is 6.57. The van der Waals surface area contributed by atoms with Crippen LogP contribution in [0.4, 0.5) is 0 Å². The van der Waals surface area contributed by atoms with Gasteiger partial charge in [-0.3, -0.25) is 4.79 Å². The van der Waals surface area contributed by atoms with Crippen molar-refractivity contribution in [3.05, 3.63) is 65.7 Å². The van der Waals surface area contributed by atoms with Gasteiger partial charge in [0.15, 0.2) is 5.78 Å². The van der Waals surface area contributed by atoms with Crippen LogP contribution in [0.25, 0.3) is 0 Å². The fourth-order valence-corrected chi connectivity index (χ4v) is 2.63. The quantitative estimate of drug-likeness (QED) is 0.722. The first-order valence-corrected chi connectivity index (χ1v) is 7.32. The van der Waals surface area contributed by atoms with Crippen molar-refractivity contribution in [3.63, 3.8) is 0 Å². The molecule has 2 aromatic rings.